The molecule has 0 spiro atoms. The lowest BCUT2D eigenvalue weighted by Gasteiger charge is -2.13. The molecule has 156 valence electrons. The molecule has 1 atom stereocenters. The van der Waals surface area contributed by atoms with Crippen LogP contribution < -0.4 is 5.32 Å². The molecular formula is C23H23FN2O3S. The van der Waals surface area contributed by atoms with E-state index in [-0.39, 0.29) is 24.1 Å². The highest BCUT2D eigenvalue weighted by Crippen LogP contribution is 2.34. The van der Waals surface area contributed by atoms with Crippen LogP contribution in [0.5, 0.6) is 0 Å². The SMILES string of the molecule is CCOC(=O)c1sc(NC)nc1C(C)c1ccc(-c2ccc(C(C)=O)cc2)c(F)c1. The van der Waals surface area contributed by atoms with E-state index in [0.29, 0.717) is 38.0 Å². The average molecular weight is 427 g/mol. The minimum Gasteiger partial charge on any atom is -0.462 e. The van der Waals surface area contributed by atoms with Gasteiger partial charge in [-0.2, -0.15) is 0 Å². The summed E-state index contributed by atoms with van der Waals surface area (Å²) >= 11 is 1.22. The van der Waals surface area contributed by atoms with Crippen LogP contribution >= 0.6 is 11.3 Å². The maximum absolute atomic E-state index is 14.9. The number of ketones is 1. The summed E-state index contributed by atoms with van der Waals surface area (Å²) in [6.07, 6.45) is 0. The highest BCUT2D eigenvalue weighted by Gasteiger charge is 2.25. The normalized spacial score (nSPS) is 11.8. The first kappa shape index (κ1) is 21.6. The number of Topliss-reactive ketones (excluding diaryl/α,β-unsaturated/α-hetero) is 1. The molecule has 0 aliphatic heterocycles. The third-order valence-corrected chi connectivity index (χ3v) is 5.90. The molecule has 3 rings (SSSR count). The number of benzene rings is 2. The lowest BCUT2D eigenvalue weighted by Crippen LogP contribution is -2.08. The maximum Gasteiger partial charge on any atom is 0.350 e. The second-order valence-corrected chi connectivity index (χ2v) is 7.80. The number of hydrogen-bond donors (Lipinski definition) is 1. The average Bonchev–Trinajstić information content (AvgIpc) is 3.18. The first-order valence-corrected chi connectivity index (χ1v) is 10.4. The van der Waals surface area contributed by atoms with Gasteiger partial charge in [0, 0.05) is 24.1 Å². The van der Waals surface area contributed by atoms with Gasteiger partial charge in [-0.1, -0.05) is 54.7 Å². The van der Waals surface area contributed by atoms with Crippen molar-refractivity contribution < 1.29 is 18.7 Å². The van der Waals surface area contributed by atoms with Gasteiger partial charge in [0.1, 0.15) is 10.7 Å². The summed E-state index contributed by atoms with van der Waals surface area (Å²) in [6, 6.07) is 11.8. The monoisotopic (exact) mass is 426 g/mol. The third kappa shape index (κ3) is 4.41. The molecule has 0 radical (unpaired) electrons. The Morgan fingerprint density at radius 3 is 2.47 bits per heavy atom. The van der Waals surface area contributed by atoms with Crippen molar-refractivity contribution in [2.75, 3.05) is 19.0 Å². The van der Waals surface area contributed by atoms with E-state index in [9.17, 15) is 14.0 Å². The lowest BCUT2D eigenvalue weighted by molar-refractivity contribution is 0.0530. The molecule has 1 unspecified atom stereocenters. The summed E-state index contributed by atoms with van der Waals surface area (Å²) in [5, 5.41) is 3.55. The maximum atomic E-state index is 14.9. The van der Waals surface area contributed by atoms with Gasteiger partial charge in [-0.3, -0.25) is 4.79 Å². The Bertz CT molecular complexity index is 1080. The smallest absolute Gasteiger partial charge is 0.350 e. The van der Waals surface area contributed by atoms with Crippen molar-refractivity contribution in [2.45, 2.75) is 26.7 Å². The molecule has 0 bridgehead atoms. The number of halogens is 1. The minimum absolute atomic E-state index is 0.0344. The summed E-state index contributed by atoms with van der Waals surface area (Å²) in [7, 11) is 1.73. The van der Waals surface area contributed by atoms with Crippen molar-refractivity contribution in [3.8, 4) is 11.1 Å². The molecule has 3 aromatic rings. The first-order valence-electron chi connectivity index (χ1n) is 9.62. The molecule has 0 fully saturated rings. The fraction of sp³-hybridized carbons (Fsp3) is 0.261. The Hall–Kier alpha value is -3.06. The van der Waals surface area contributed by atoms with Gasteiger partial charge in [0.2, 0.25) is 0 Å². The summed E-state index contributed by atoms with van der Waals surface area (Å²) in [5.41, 5.74) is 2.98. The number of nitrogens with zero attached hydrogens (tertiary/aromatic N) is 1. The first-order chi connectivity index (χ1) is 14.3. The molecular weight excluding hydrogens is 403 g/mol. The van der Waals surface area contributed by atoms with Crippen molar-refractivity contribution in [1.29, 1.82) is 0 Å². The fourth-order valence-corrected chi connectivity index (χ4v) is 4.06. The van der Waals surface area contributed by atoms with Gasteiger partial charge < -0.3 is 10.1 Å². The zero-order chi connectivity index (χ0) is 21.8. The third-order valence-electron chi connectivity index (χ3n) is 4.83. The van der Waals surface area contributed by atoms with Crippen LogP contribution in [-0.4, -0.2) is 30.4 Å². The highest BCUT2D eigenvalue weighted by atomic mass is 32.1. The van der Waals surface area contributed by atoms with Gasteiger partial charge in [-0.15, -0.1) is 0 Å². The number of esters is 1. The minimum atomic E-state index is -0.430. The molecule has 30 heavy (non-hydrogen) atoms. The summed E-state index contributed by atoms with van der Waals surface area (Å²) in [5.74, 6) is -1.14. The van der Waals surface area contributed by atoms with E-state index in [4.69, 9.17) is 4.74 Å². The van der Waals surface area contributed by atoms with Gasteiger partial charge in [-0.05, 0) is 31.0 Å². The van der Waals surface area contributed by atoms with Crippen LogP contribution in [0.25, 0.3) is 11.1 Å². The van der Waals surface area contributed by atoms with Gasteiger partial charge in [0.15, 0.2) is 10.9 Å². The number of nitrogens with one attached hydrogen (secondary N) is 1. The van der Waals surface area contributed by atoms with Gasteiger partial charge in [0.25, 0.3) is 0 Å². The van der Waals surface area contributed by atoms with Crippen molar-refractivity contribution in [2.24, 2.45) is 0 Å². The van der Waals surface area contributed by atoms with Gasteiger partial charge in [0.05, 0.1) is 12.3 Å². The molecule has 2 aromatic carbocycles. The largest absolute Gasteiger partial charge is 0.462 e. The number of ether oxygens (including phenoxy) is 1. The molecule has 1 heterocycles. The number of rotatable bonds is 7. The number of aromatic nitrogens is 1. The van der Waals surface area contributed by atoms with Crippen LogP contribution in [0.4, 0.5) is 9.52 Å². The van der Waals surface area contributed by atoms with E-state index in [1.54, 1.807) is 44.3 Å². The molecule has 0 amide bonds. The predicted octanol–water partition coefficient (Wildman–Crippen LogP) is 5.52. The van der Waals surface area contributed by atoms with E-state index in [1.807, 2.05) is 13.0 Å². The quantitative estimate of drug-likeness (QED) is 0.398. The molecule has 0 saturated carbocycles. The molecule has 0 aliphatic carbocycles. The van der Waals surface area contributed by atoms with E-state index in [1.165, 1.54) is 24.3 Å². The van der Waals surface area contributed by atoms with Crippen LogP contribution in [0.2, 0.25) is 0 Å². The van der Waals surface area contributed by atoms with E-state index >= 15 is 0 Å². The van der Waals surface area contributed by atoms with Crippen LogP contribution in [0.3, 0.4) is 0 Å². The van der Waals surface area contributed by atoms with Crippen molar-refractivity contribution in [3.63, 3.8) is 0 Å². The molecule has 7 heteroatoms. The molecule has 1 N–H and O–H groups in total. The molecule has 5 nitrogen and oxygen atoms in total. The zero-order valence-corrected chi connectivity index (χ0v) is 18.1. The fourth-order valence-electron chi connectivity index (χ4n) is 3.15. The Balaban J connectivity index is 1.94. The summed E-state index contributed by atoms with van der Waals surface area (Å²) < 4.78 is 20.1. The number of carbonyl (C=O) groups excluding carboxylic acids is 2. The van der Waals surface area contributed by atoms with Crippen molar-refractivity contribution in [1.82, 2.24) is 4.98 Å². The van der Waals surface area contributed by atoms with E-state index in [2.05, 4.69) is 10.3 Å². The molecule has 1 aromatic heterocycles. The topological polar surface area (TPSA) is 68.3 Å². The van der Waals surface area contributed by atoms with Crippen LogP contribution in [-0.2, 0) is 4.74 Å². The summed E-state index contributed by atoms with van der Waals surface area (Å²) in [6.45, 7) is 5.39. The van der Waals surface area contributed by atoms with E-state index < -0.39 is 5.97 Å². The van der Waals surface area contributed by atoms with Crippen LogP contribution in [0.1, 0.15) is 58.0 Å². The number of hydrogen-bond acceptors (Lipinski definition) is 6. The van der Waals surface area contributed by atoms with Crippen LogP contribution in [0.15, 0.2) is 42.5 Å². The highest BCUT2D eigenvalue weighted by molar-refractivity contribution is 7.17. The Morgan fingerprint density at radius 1 is 1.20 bits per heavy atom. The van der Waals surface area contributed by atoms with Crippen molar-refractivity contribution >= 4 is 28.2 Å². The Labute approximate surface area is 178 Å². The second kappa shape index (κ2) is 9.17. The van der Waals surface area contributed by atoms with Gasteiger partial charge in [-0.25, -0.2) is 14.2 Å². The van der Waals surface area contributed by atoms with Crippen molar-refractivity contribution in [3.05, 3.63) is 70.0 Å². The lowest BCUT2D eigenvalue weighted by atomic mass is 9.94. The number of anilines is 1. The molecule has 0 saturated heterocycles. The van der Waals surface area contributed by atoms with E-state index in [0.717, 1.165) is 0 Å². The second-order valence-electron chi connectivity index (χ2n) is 6.80. The number of thiazole rings is 1. The van der Waals surface area contributed by atoms with Gasteiger partial charge >= 0.3 is 5.97 Å². The standard InChI is InChI=1S/C23H23FN2O3S/c1-5-29-22(28)21-20(26-23(25-4)30-21)13(2)17-10-11-18(19(24)12-17)16-8-6-15(7-9-16)14(3)27/h6-13H,5H2,1-4H3,(H,25,26). The predicted molar refractivity (Wildman–Crippen MR) is 117 cm³/mol. The Kier molecular flexibility index (Phi) is 6.62. The molecule has 0 aliphatic rings. The Morgan fingerprint density at radius 2 is 1.90 bits per heavy atom. The zero-order valence-electron chi connectivity index (χ0n) is 17.3. The van der Waals surface area contributed by atoms with Crippen LogP contribution in [0, 0.1) is 5.82 Å². The number of carbonyl (C=O) groups is 2. The summed E-state index contributed by atoms with van der Waals surface area (Å²) in [4.78, 5) is 28.7.